The van der Waals surface area contributed by atoms with Crippen LogP contribution in [0.15, 0.2) is 16.8 Å². The van der Waals surface area contributed by atoms with E-state index in [1.165, 1.54) is 11.3 Å². The van der Waals surface area contributed by atoms with E-state index >= 15 is 0 Å². The number of thiophene rings is 1. The number of anilines is 1. The second kappa shape index (κ2) is 4.52. The number of carbonyl (C=O) groups is 1. The molecule has 0 saturated heterocycles. The lowest BCUT2D eigenvalue weighted by molar-refractivity contribution is -0.190. The van der Waals surface area contributed by atoms with Crippen molar-refractivity contribution in [3.8, 4) is 0 Å². The minimum Gasteiger partial charge on any atom is -0.481 e. The Kier molecular flexibility index (Phi) is 3.57. The molecule has 1 unspecified atom stereocenters. The Labute approximate surface area is 87.5 Å². The fraction of sp³-hybridized carbons (Fsp3) is 0.375. The summed E-state index contributed by atoms with van der Waals surface area (Å²) >= 11 is 1.32. The zero-order valence-corrected chi connectivity index (χ0v) is 8.23. The molecule has 0 amide bonds. The van der Waals surface area contributed by atoms with Gasteiger partial charge in [0, 0.05) is 17.6 Å². The largest absolute Gasteiger partial charge is 0.481 e. The van der Waals surface area contributed by atoms with Gasteiger partial charge in [0.05, 0.1) is 0 Å². The van der Waals surface area contributed by atoms with Crippen LogP contribution in [0.3, 0.4) is 0 Å². The molecule has 0 aromatic carbocycles. The first-order valence-electron chi connectivity index (χ1n) is 3.97. The van der Waals surface area contributed by atoms with Gasteiger partial charge in [-0.1, -0.05) is 0 Å². The maximum Gasteiger partial charge on any atom is 0.403 e. The summed E-state index contributed by atoms with van der Waals surface area (Å²) < 4.78 is 36.5. The normalized spacial score (nSPS) is 13.5. The summed E-state index contributed by atoms with van der Waals surface area (Å²) in [4.78, 5) is 10.3. The van der Waals surface area contributed by atoms with Gasteiger partial charge in [-0.15, -0.1) is 0 Å². The SMILES string of the molecule is O=C(O)C(CNc1ccsc1)C(F)(F)F. The highest BCUT2D eigenvalue weighted by Crippen LogP contribution is 2.27. The Morgan fingerprint density at radius 2 is 2.27 bits per heavy atom. The zero-order chi connectivity index (χ0) is 11.5. The predicted molar refractivity (Wildman–Crippen MR) is 50.0 cm³/mol. The molecule has 0 bridgehead atoms. The molecule has 0 aliphatic rings. The molecule has 0 radical (unpaired) electrons. The summed E-state index contributed by atoms with van der Waals surface area (Å²) in [6, 6.07) is 1.58. The van der Waals surface area contributed by atoms with Gasteiger partial charge < -0.3 is 10.4 Å². The first-order valence-corrected chi connectivity index (χ1v) is 4.91. The molecule has 0 aliphatic heterocycles. The summed E-state index contributed by atoms with van der Waals surface area (Å²) in [6.45, 7) is -0.657. The molecule has 15 heavy (non-hydrogen) atoms. The van der Waals surface area contributed by atoms with Gasteiger partial charge in [0.15, 0.2) is 5.92 Å². The Morgan fingerprint density at radius 3 is 2.67 bits per heavy atom. The number of carboxylic acids is 1. The number of rotatable bonds is 4. The second-order valence-corrected chi connectivity index (χ2v) is 3.61. The van der Waals surface area contributed by atoms with Gasteiger partial charge in [-0.2, -0.15) is 24.5 Å². The van der Waals surface area contributed by atoms with Crippen LogP contribution in [0.4, 0.5) is 18.9 Å². The highest BCUT2D eigenvalue weighted by molar-refractivity contribution is 7.08. The van der Waals surface area contributed by atoms with Gasteiger partial charge >= 0.3 is 12.1 Å². The average Bonchev–Trinajstić information content (AvgIpc) is 2.53. The van der Waals surface area contributed by atoms with E-state index in [4.69, 9.17) is 5.11 Å². The van der Waals surface area contributed by atoms with Gasteiger partial charge in [-0.25, -0.2) is 0 Å². The van der Waals surface area contributed by atoms with Crippen molar-refractivity contribution in [1.29, 1.82) is 0 Å². The predicted octanol–water partition coefficient (Wildman–Crippen LogP) is 2.42. The number of halogens is 3. The van der Waals surface area contributed by atoms with Crippen LogP contribution in [0.2, 0.25) is 0 Å². The van der Waals surface area contributed by atoms with Crippen LogP contribution in [0.1, 0.15) is 0 Å². The van der Waals surface area contributed by atoms with Crippen molar-refractivity contribution in [3.63, 3.8) is 0 Å². The molecule has 1 aromatic rings. The first-order chi connectivity index (χ1) is 6.91. The second-order valence-electron chi connectivity index (χ2n) is 2.83. The van der Waals surface area contributed by atoms with Crippen LogP contribution < -0.4 is 5.32 Å². The van der Waals surface area contributed by atoms with Crippen molar-refractivity contribution in [2.24, 2.45) is 5.92 Å². The molecule has 1 aromatic heterocycles. The van der Waals surface area contributed by atoms with E-state index in [2.05, 4.69) is 5.32 Å². The maximum absolute atomic E-state index is 12.2. The van der Waals surface area contributed by atoms with Crippen molar-refractivity contribution < 1.29 is 23.1 Å². The van der Waals surface area contributed by atoms with Crippen LogP contribution in [-0.2, 0) is 4.79 Å². The van der Waals surface area contributed by atoms with Crippen LogP contribution in [-0.4, -0.2) is 23.8 Å². The monoisotopic (exact) mass is 239 g/mol. The molecule has 84 valence electrons. The smallest absolute Gasteiger partial charge is 0.403 e. The number of carboxylic acid groups (broad SMARTS) is 1. The highest BCUT2D eigenvalue weighted by Gasteiger charge is 2.44. The molecule has 7 heteroatoms. The standard InChI is InChI=1S/C8H8F3NO2S/c9-8(10,11)6(7(13)14)3-12-5-1-2-15-4-5/h1-2,4,6,12H,3H2,(H,13,14). The summed E-state index contributed by atoms with van der Waals surface area (Å²) in [7, 11) is 0. The van der Waals surface area contributed by atoms with Gasteiger partial charge in [0.1, 0.15) is 0 Å². The summed E-state index contributed by atoms with van der Waals surface area (Å²) in [5.41, 5.74) is 0.496. The molecule has 0 saturated carbocycles. The van der Waals surface area contributed by atoms with Crippen LogP contribution in [0.5, 0.6) is 0 Å². The van der Waals surface area contributed by atoms with E-state index in [9.17, 15) is 18.0 Å². The fourth-order valence-corrected chi connectivity index (χ4v) is 1.54. The van der Waals surface area contributed by atoms with Crippen molar-refractivity contribution in [1.82, 2.24) is 0 Å². The summed E-state index contributed by atoms with van der Waals surface area (Å²) in [5.74, 6) is -4.25. The minimum atomic E-state index is -4.73. The van der Waals surface area contributed by atoms with Crippen molar-refractivity contribution in [3.05, 3.63) is 16.8 Å². The molecular formula is C8H8F3NO2S. The Bertz CT molecular complexity index is 323. The number of hydrogen-bond acceptors (Lipinski definition) is 3. The zero-order valence-electron chi connectivity index (χ0n) is 7.41. The molecule has 0 fully saturated rings. The minimum absolute atomic E-state index is 0.496. The van der Waals surface area contributed by atoms with Crippen LogP contribution in [0.25, 0.3) is 0 Å². The molecule has 1 heterocycles. The summed E-state index contributed by atoms with van der Waals surface area (Å²) in [5, 5.41) is 14.1. The maximum atomic E-state index is 12.2. The van der Waals surface area contributed by atoms with Crippen molar-refractivity contribution in [2.75, 3.05) is 11.9 Å². The van der Waals surface area contributed by atoms with E-state index in [0.717, 1.165) is 0 Å². The Hall–Kier alpha value is -1.24. The van der Waals surface area contributed by atoms with Gasteiger partial charge in [-0.3, -0.25) is 4.79 Å². The lowest BCUT2D eigenvalue weighted by atomic mass is 10.1. The number of alkyl halides is 3. The average molecular weight is 239 g/mol. The molecule has 0 spiro atoms. The van der Waals surface area contributed by atoms with Gasteiger partial charge in [-0.05, 0) is 11.4 Å². The van der Waals surface area contributed by atoms with Crippen LogP contribution in [0, 0.1) is 5.92 Å². The topological polar surface area (TPSA) is 49.3 Å². The number of nitrogens with one attached hydrogen (secondary N) is 1. The fourth-order valence-electron chi connectivity index (χ4n) is 0.928. The number of aliphatic carboxylic acids is 1. The third kappa shape index (κ3) is 3.43. The van der Waals surface area contributed by atoms with E-state index in [1.807, 2.05) is 0 Å². The van der Waals surface area contributed by atoms with Crippen molar-refractivity contribution in [2.45, 2.75) is 6.18 Å². The third-order valence-electron chi connectivity index (χ3n) is 1.72. The molecular weight excluding hydrogens is 231 g/mol. The summed E-state index contributed by atoms with van der Waals surface area (Å²) in [6.07, 6.45) is -4.73. The van der Waals surface area contributed by atoms with Gasteiger partial charge in [0.2, 0.25) is 0 Å². The molecule has 2 N–H and O–H groups in total. The van der Waals surface area contributed by atoms with E-state index in [1.54, 1.807) is 16.8 Å². The van der Waals surface area contributed by atoms with Gasteiger partial charge in [0.25, 0.3) is 0 Å². The molecule has 0 aliphatic carbocycles. The Balaban J connectivity index is 2.57. The molecule has 3 nitrogen and oxygen atoms in total. The number of hydrogen-bond donors (Lipinski definition) is 2. The van der Waals surface area contributed by atoms with E-state index < -0.39 is 24.6 Å². The van der Waals surface area contributed by atoms with E-state index in [0.29, 0.717) is 5.69 Å². The van der Waals surface area contributed by atoms with Crippen molar-refractivity contribution >= 4 is 23.0 Å². The van der Waals surface area contributed by atoms with E-state index in [-0.39, 0.29) is 0 Å². The first kappa shape index (κ1) is 11.8. The quantitative estimate of drug-likeness (QED) is 0.848. The Morgan fingerprint density at radius 1 is 1.60 bits per heavy atom. The third-order valence-corrected chi connectivity index (χ3v) is 2.41. The molecule has 1 atom stereocenters. The van der Waals surface area contributed by atoms with Crippen LogP contribution >= 0.6 is 11.3 Å². The highest BCUT2D eigenvalue weighted by atomic mass is 32.1. The molecule has 1 rings (SSSR count). The lowest BCUT2D eigenvalue weighted by Gasteiger charge is -2.16. The lowest BCUT2D eigenvalue weighted by Crippen LogP contribution is -2.36.